The Morgan fingerprint density at radius 2 is 2.21 bits per heavy atom. The summed E-state index contributed by atoms with van der Waals surface area (Å²) in [6, 6.07) is 0. The highest BCUT2D eigenvalue weighted by Crippen LogP contribution is 2.24. The number of hydrogen-bond acceptors (Lipinski definition) is 4. The predicted molar refractivity (Wildman–Crippen MR) is 77.3 cm³/mol. The molecule has 0 saturated carbocycles. The van der Waals surface area contributed by atoms with Crippen molar-refractivity contribution in [3.8, 4) is 0 Å². The Morgan fingerprint density at radius 1 is 1.47 bits per heavy atom. The van der Waals surface area contributed by atoms with Gasteiger partial charge in [0.2, 0.25) is 0 Å². The van der Waals surface area contributed by atoms with E-state index < -0.39 is 5.97 Å². The van der Waals surface area contributed by atoms with Gasteiger partial charge in [-0.25, -0.2) is 9.78 Å². The van der Waals surface area contributed by atoms with Crippen LogP contribution in [0.4, 0.5) is 0 Å². The molecule has 19 heavy (non-hydrogen) atoms. The zero-order chi connectivity index (χ0) is 13.7. The van der Waals surface area contributed by atoms with Crippen molar-refractivity contribution >= 4 is 23.4 Å². The van der Waals surface area contributed by atoms with Gasteiger partial charge in [0.15, 0.2) is 0 Å². The van der Waals surface area contributed by atoms with Gasteiger partial charge in [-0.1, -0.05) is 13.3 Å². The third-order valence-corrected chi connectivity index (χ3v) is 4.24. The smallest absolute Gasteiger partial charge is 0.328 e. The van der Waals surface area contributed by atoms with E-state index in [0.29, 0.717) is 0 Å². The number of aromatic nitrogens is 1. The highest BCUT2D eigenvalue weighted by Gasteiger charge is 2.15. The van der Waals surface area contributed by atoms with Crippen LogP contribution in [0.25, 0.3) is 6.08 Å². The predicted octanol–water partition coefficient (Wildman–Crippen LogP) is 2.79. The Hall–Kier alpha value is -1.20. The summed E-state index contributed by atoms with van der Waals surface area (Å²) in [5.74, 6) is -0.906. The number of likely N-dealkylation sites (tertiary alicyclic amines) is 1. The second kappa shape index (κ2) is 6.82. The molecule has 2 heterocycles. The van der Waals surface area contributed by atoms with Crippen LogP contribution in [0.2, 0.25) is 0 Å². The maximum absolute atomic E-state index is 10.6. The molecular weight excluding hydrogens is 260 g/mol. The Bertz CT molecular complexity index is 462. The van der Waals surface area contributed by atoms with Crippen LogP contribution in [-0.4, -0.2) is 34.0 Å². The van der Waals surface area contributed by atoms with Crippen LogP contribution in [0, 0.1) is 0 Å². The second-order valence-corrected chi connectivity index (χ2v) is 5.94. The third-order valence-electron chi connectivity index (χ3n) is 3.19. The van der Waals surface area contributed by atoms with Gasteiger partial charge in [0.25, 0.3) is 0 Å². The Morgan fingerprint density at radius 3 is 2.84 bits per heavy atom. The average Bonchev–Trinajstić information content (AvgIpc) is 2.98. The van der Waals surface area contributed by atoms with Gasteiger partial charge in [0.05, 0.1) is 17.1 Å². The molecule has 1 N–H and O–H groups in total. The molecule has 0 radical (unpaired) electrons. The molecule has 1 fully saturated rings. The van der Waals surface area contributed by atoms with E-state index in [9.17, 15) is 4.79 Å². The van der Waals surface area contributed by atoms with E-state index >= 15 is 0 Å². The van der Waals surface area contributed by atoms with Crippen molar-refractivity contribution in [2.24, 2.45) is 0 Å². The fourth-order valence-electron chi connectivity index (χ4n) is 2.31. The Labute approximate surface area is 117 Å². The van der Waals surface area contributed by atoms with Crippen LogP contribution >= 0.6 is 11.3 Å². The van der Waals surface area contributed by atoms with Crippen LogP contribution in [0.5, 0.6) is 0 Å². The Balaban J connectivity index is 2.11. The number of aryl methyl sites for hydroxylation is 1. The molecule has 0 spiro atoms. The van der Waals surface area contributed by atoms with Crippen LogP contribution in [-0.2, 0) is 17.8 Å². The largest absolute Gasteiger partial charge is 0.478 e. The van der Waals surface area contributed by atoms with Crippen molar-refractivity contribution < 1.29 is 9.90 Å². The molecular formula is C14H20N2O2S. The minimum absolute atomic E-state index is 0.905. The first kappa shape index (κ1) is 14.2. The van der Waals surface area contributed by atoms with Crippen LogP contribution in [0.3, 0.4) is 0 Å². The topological polar surface area (TPSA) is 53.4 Å². The third kappa shape index (κ3) is 4.14. The second-order valence-electron chi connectivity index (χ2n) is 4.82. The number of carbonyl (C=O) groups is 1. The summed E-state index contributed by atoms with van der Waals surface area (Å²) in [5.41, 5.74) is 1.04. The average molecular weight is 280 g/mol. The summed E-state index contributed by atoms with van der Waals surface area (Å²) in [6.07, 6.45) is 7.37. The lowest BCUT2D eigenvalue weighted by molar-refractivity contribution is -0.131. The fraction of sp³-hybridized carbons (Fsp3) is 0.571. The molecule has 5 heteroatoms. The van der Waals surface area contributed by atoms with Gasteiger partial charge in [-0.2, -0.15) is 0 Å². The maximum Gasteiger partial charge on any atom is 0.328 e. The lowest BCUT2D eigenvalue weighted by Gasteiger charge is -2.11. The number of rotatable bonds is 6. The molecule has 1 aliphatic heterocycles. The van der Waals surface area contributed by atoms with E-state index in [4.69, 9.17) is 5.11 Å². The van der Waals surface area contributed by atoms with Crippen molar-refractivity contribution in [2.75, 3.05) is 13.1 Å². The van der Waals surface area contributed by atoms with Gasteiger partial charge >= 0.3 is 5.97 Å². The SMILES string of the molecule is CCCc1nc(CN2CCCC2)sc1/C=C/C(=O)O. The van der Waals surface area contributed by atoms with Crippen molar-refractivity contribution in [1.82, 2.24) is 9.88 Å². The summed E-state index contributed by atoms with van der Waals surface area (Å²) in [4.78, 5) is 18.7. The highest BCUT2D eigenvalue weighted by atomic mass is 32.1. The zero-order valence-electron chi connectivity index (χ0n) is 11.3. The zero-order valence-corrected chi connectivity index (χ0v) is 12.1. The van der Waals surface area contributed by atoms with E-state index in [0.717, 1.165) is 48.1 Å². The monoisotopic (exact) mass is 280 g/mol. The molecule has 2 rings (SSSR count). The summed E-state index contributed by atoms with van der Waals surface area (Å²) >= 11 is 1.63. The molecule has 0 atom stereocenters. The molecule has 1 aliphatic rings. The van der Waals surface area contributed by atoms with Crippen LogP contribution in [0.1, 0.15) is 41.8 Å². The summed E-state index contributed by atoms with van der Waals surface area (Å²) in [5, 5.41) is 9.83. The van der Waals surface area contributed by atoms with Gasteiger partial charge in [0.1, 0.15) is 5.01 Å². The molecule has 0 bridgehead atoms. The molecule has 0 aliphatic carbocycles. The highest BCUT2D eigenvalue weighted by molar-refractivity contribution is 7.12. The summed E-state index contributed by atoms with van der Waals surface area (Å²) < 4.78 is 0. The fourth-order valence-corrected chi connectivity index (χ4v) is 3.37. The molecule has 1 aromatic rings. The molecule has 0 amide bonds. The standard InChI is InChI=1S/C14H20N2O2S/c1-2-5-11-12(6-7-14(17)18)19-13(15-11)10-16-8-3-4-9-16/h6-7H,2-5,8-10H2,1H3,(H,17,18)/b7-6+. The van der Waals surface area contributed by atoms with Crippen LogP contribution < -0.4 is 0 Å². The molecule has 1 saturated heterocycles. The molecule has 104 valence electrons. The lowest BCUT2D eigenvalue weighted by Crippen LogP contribution is -2.18. The van der Waals surface area contributed by atoms with Gasteiger partial charge in [-0.05, 0) is 38.4 Å². The first-order valence-corrected chi connectivity index (χ1v) is 7.62. The molecule has 0 unspecified atom stereocenters. The number of aliphatic carboxylic acids is 1. The van der Waals surface area contributed by atoms with Crippen molar-refractivity contribution in [3.05, 3.63) is 21.7 Å². The van der Waals surface area contributed by atoms with E-state index in [1.54, 1.807) is 17.4 Å². The van der Waals surface area contributed by atoms with Gasteiger partial charge in [0, 0.05) is 6.08 Å². The van der Waals surface area contributed by atoms with Crippen molar-refractivity contribution in [3.63, 3.8) is 0 Å². The molecule has 1 aromatic heterocycles. The van der Waals surface area contributed by atoms with E-state index in [-0.39, 0.29) is 0 Å². The first-order valence-electron chi connectivity index (χ1n) is 6.81. The lowest BCUT2D eigenvalue weighted by atomic mass is 10.2. The van der Waals surface area contributed by atoms with E-state index in [2.05, 4.69) is 16.8 Å². The van der Waals surface area contributed by atoms with Crippen molar-refractivity contribution in [2.45, 2.75) is 39.2 Å². The van der Waals surface area contributed by atoms with Crippen molar-refractivity contribution in [1.29, 1.82) is 0 Å². The maximum atomic E-state index is 10.6. The summed E-state index contributed by atoms with van der Waals surface area (Å²) in [6.45, 7) is 5.33. The summed E-state index contributed by atoms with van der Waals surface area (Å²) in [7, 11) is 0. The molecule has 0 aromatic carbocycles. The first-order chi connectivity index (χ1) is 9.19. The molecule has 4 nitrogen and oxygen atoms in total. The number of thiazole rings is 1. The van der Waals surface area contributed by atoms with Gasteiger partial charge in [-0.15, -0.1) is 11.3 Å². The number of carboxylic acids is 1. The minimum atomic E-state index is -0.906. The van der Waals surface area contributed by atoms with Crippen LogP contribution in [0.15, 0.2) is 6.08 Å². The Kier molecular flexibility index (Phi) is 5.10. The van der Waals surface area contributed by atoms with Gasteiger partial charge in [-0.3, -0.25) is 4.90 Å². The van der Waals surface area contributed by atoms with E-state index in [1.165, 1.54) is 18.9 Å². The van der Waals surface area contributed by atoms with E-state index in [1.807, 2.05) is 0 Å². The number of hydrogen-bond donors (Lipinski definition) is 1. The quantitative estimate of drug-likeness (QED) is 0.814. The number of carboxylic acid groups (broad SMARTS) is 1. The normalized spacial score (nSPS) is 16.5. The minimum Gasteiger partial charge on any atom is -0.478 e. The van der Waals surface area contributed by atoms with Gasteiger partial charge < -0.3 is 5.11 Å². The number of nitrogens with zero attached hydrogens (tertiary/aromatic N) is 2.